The number of pyridine rings is 2. The minimum Gasteiger partial charge on any atom is -0.486 e. The van der Waals surface area contributed by atoms with Gasteiger partial charge in [-0.2, -0.15) is 0 Å². The topological polar surface area (TPSA) is 35.0 Å². The van der Waals surface area contributed by atoms with Gasteiger partial charge >= 0.3 is 0 Å². The van der Waals surface area contributed by atoms with Crippen molar-refractivity contribution in [3.8, 4) is 17.1 Å². The number of hydrogen-bond donors (Lipinski definition) is 0. The van der Waals surface area contributed by atoms with E-state index >= 15 is 0 Å². The summed E-state index contributed by atoms with van der Waals surface area (Å²) in [6.45, 7) is 2.51. The normalized spacial score (nSPS) is 17.8. The molecule has 1 aliphatic carbocycles. The predicted octanol–water partition coefficient (Wildman–Crippen LogP) is 6.21. The molecule has 2 aromatic carbocycles. The Labute approximate surface area is 175 Å². The number of rotatable bonds is 6. The lowest BCUT2D eigenvalue weighted by Gasteiger charge is -2.12. The molecule has 1 fully saturated rings. The molecule has 0 amide bonds. The van der Waals surface area contributed by atoms with Crippen molar-refractivity contribution in [3.05, 3.63) is 89.9 Å². The van der Waals surface area contributed by atoms with Gasteiger partial charge in [-0.05, 0) is 66.6 Å². The predicted molar refractivity (Wildman–Crippen MR) is 117 cm³/mol. The molecule has 1 saturated carbocycles. The summed E-state index contributed by atoms with van der Waals surface area (Å²) in [7, 11) is 0. The van der Waals surface area contributed by atoms with Crippen molar-refractivity contribution in [2.75, 3.05) is 0 Å². The van der Waals surface area contributed by atoms with E-state index < -0.39 is 0 Å². The number of ether oxygens (including phenoxy) is 1. The minimum atomic E-state index is -0.302. The molecule has 5 rings (SSSR count). The Bertz CT molecular complexity index is 1190. The second kappa shape index (κ2) is 7.86. The summed E-state index contributed by atoms with van der Waals surface area (Å²) in [5, 5.41) is 0.997. The van der Waals surface area contributed by atoms with E-state index in [0.717, 1.165) is 45.8 Å². The maximum absolute atomic E-state index is 14.6. The van der Waals surface area contributed by atoms with Crippen molar-refractivity contribution in [1.29, 1.82) is 0 Å². The minimum absolute atomic E-state index is 0.263. The van der Waals surface area contributed by atoms with E-state index in [-0.39, 0.29) is 18.2 Å². The molecule has 0 N–H and O–H groups in total. The molecule has 4 heteroatoms. The number of para-hydroxylation sites is 1. The first kappa shape index (κ1) is 18.7. The van der Waals surface area contributed by atoms with Crippen LogP contribution in [-0.2, 0) is 13.0 Å². The maximum Gasteiger partial charge on any atom is 0.165 e. The van der Waals surface area contributed by atoms with Gasteiger partial charge in [-0.25, -0.2) is 9.37 Å². The van der Waals surface area contributed by atoms with Crippen LogP contribution < -0.4 is 4.74 Å². The Kier molecular flexibility index (Phi) is 4.91. The highest BCUT2D eigenvalue weighted by atomic mass is 19.1. The highest BCUT2D eigenvalue weighted by Crippen LogP contribution is 2.40. The van der Waals surface area contributed by atoms with Crippen LogP contribution >= 0.6 is 0 Å². The fourth-order valence-electron chi connectivity index (χ4n) is 3.94. The molecule has 3 nitrogen and oxygen atoms in total. The van der Waals surface area contributed by atoms with Gasteiger partial charge < -0.3 is 4.74 Å². The third kappa shape index (κ3) is 3.90. The van der Waals surface area contributed by atoms with Crippen LogP contribution in [0, 0.1) is 17.7 Å². The number of nitrogens with zero attached hydrogens (tertiary/aromatic N) is 2. The third-order valence-corrected chi connectivity index (χ3v) is 5.88. The smallest absolute Gasteiger partial charge is 0.165 e. The van der Waals surface area contributed by atoms with E-state index in [4.69, 9.17) is 9.72 Å². The van der Waals surface area contributed by atoms with Gasteiger partial charge in [0.05, 0.1) is 16.9 Å². The highest BCUT2D eigenvalue weighted by molar-refractivity contribution is 5.84. The zero-order valence-corrected chi connectivity index (χ0v) is 16.9. The molecule has 0 aliphatic heterocycles. The van der Waals surface area contributed by atoms with E-state index in [1.165, 1.54) is 6.42 Å². The molecule has 2 unspecified atom stereocenters. The first-order valence-electron chi connectivity index (χ1n) is 10.4. The number of fused-ring (bicyclic) bond motifs is 1. The first-order chi connectivity index (χ1) is 14.7. The average Bonchev–Trinajstić information content (AvgIpc) is 3.47. The molecule has 2 aromatic heterocycles. The lowest BCUT2D eigenvalue weighted by atomic mass is 10.1. The van der Waals surface area contributed by atoms with Crippen molar-refractivity contribution in [3.63, 3.8) is 0 Å². The average molecular weight is 398 g/mol. The second-order valence-electron chi connectivity index (χ2n) is 8.13. The van der Waals surface area contributed by atoms with E-state index in [2.05, 4.69) is 11.9 Å². The fourth-order valence-corrected chi connectivity index (χ4v) is 3.94. The summed E-state index contributed by atoms with van der Waals surface area (Å²) in [5.74, 6) is 1.44. The van der Waals surface area contributed by atoms with Gasteiger partial charge in [0.2, 0.25) is 0 Å². The number of hydrogen-bond acceptors (Lipinski definition) is 3. The molecule has 150 valence electrons. The third-order valence-electron chi connectivity index (χ3n) is 5.88. The van der Waals surface area contributed by atoms with E-state index in [0.29, 0.717) is 5.92 Å². The van der Waals surface area contributed by atoms with Crippen LogP contribution in [0.15, 0.2) is 72.9 Å². The van der Waals surface area contributed by atoms with Gasteiger partial charge in [0.25, 0.3) is 0 Å². The summed E-state index contributed by atoms with van der Waals surface area (Å²) in [5.41, 5.74) is 4.45. The monoisotopic (exact) mass is 398 g/mol. The number of halogens is 1. The quantitative estimate of drug-likeness (QED) is 0.387. The molecule has 30 heavy (non-hydrogen) atoms. The van der Waals surface area contributed by atoms with E-state index in [1.54, 1.807) is 18.3 Å². The van der Waals surface area contributed by atoms with Crippen LogP contribution in [0.3, 0.4) is 0 Å². The molecule has 2 atom stereocenters. The Balaban J connectivity index is 1.41. The summed E-state index contributed by atoms with van der Waals surface area (Å²) >= 11 is 0. The fraction of sp³-hybridized carbons (Fsp3) is 0.231. The summed E-state index contributed by atoms with van der Waals surface area (Å²) < 4.78 is 20.5. The number of benzene rings is 2. The lowest BCUT2D eigenvalue weighted by Crippen LogP contribution is -2.01. The Morgan fingerprint density at radius 2 is 1.83 bits per heavy atom. The molecule has 4 aromatic rings. The SMILES string of the molecule is CC1CC1Cc1ccc(OCc2cc(-c3ccccn3)nc3ccccc23)c(F)c1. The van der Waals surface area contributed by atoms with Crippen molar-refractivity contribution in [2.45, 2.75) is 26.4 Å². The van der Waals surface area contributed by atoms with Gasteiger partial charge in [-0.1, -0.05) is 37.3 Å². The van der Waals surface area contributed by atoms with Crippen LogP contribution in [0.1, 0.15) is 24.5 Å². The van der Waals surface area contributed by atoms with Crippen LogP contribution in [-0.4, -0.2) is 9.97 Å². The second-order valence-corrected chi connectivity index (χ2v) is 8.13. The molecular formula is C26H23FN2O. The first-order valence-corrected chi connectivity index (χ1v) is 10.4. The Morgan fingerprint density at radius 3 is 2.60 bits per heavy atom. The van der Waals surface area contributed by atoms with Gasteiger partial charge in [-0.3, -0.25) is 4.98 Å². The highest BCUT2D eigenvalue weighted by Gasteiger charge is 2.32. The molecule has 0 radical (unpaired) electrons. The molecule has 0 saturated heterocycles. The molecular weight excluding hydrogens is 375 g/mol. The zero-order chi connectivity index (χ0) is 20.5. The number of aromatic nitrogens is 2. The van der Waals surface area contributed by atoms with Crippen LogP contribution in [0.5, 0.6) is 5.75 Å². The summed E-state index contributed by atoms with van der Waals surface area (Å²) in [6.07, 6.45) is 3.94. The molecule has 1 aliphatic rings. The Morgan fingerprint density at radius 1 is 1.00 bits per heavy atom. The largest absolute Gasteiger partial charge is 0.486 e. The van der Waals surface area contributed by atoms with Crippen molar-refractivity contribution in [1.82, 2.24) is 9.97 Å². The molecule has 2 heterocycles. The van der Waals surface area contributed by atoms with E-state index in [9.17, 15) is 4.39 Å². The zero-order valence-electron chi connectivity index (χ0n) is 16.9. The molecule has 0 spiro atoms. The summed E-state index contributed by atoms with van der Waals surface area (Å²) in [6, 6.07) is 21.0. The van der Waals surface area contributed by atoms with Gasteiger partial charge in [-0.15, -0.1) is 0 Å². The van der Waals surface area contributed by atoms with Crippen LogP contribution in [0.2, 0.25) is 0 Å². The van der Waals surface area contributed by atoms with Crippen LogP contribution in [0.25, 0.3) is 22.3 Å². The lowest BCUT2D eigenvalue weighted by molar-refractivity contribution is 0.291. The van der Waals surface area contributed by atoms with Crippen molar-refractivity contribution in [2.24, 2.45) is 11.8 Å². The van der Waals surface area contributed by atoms with Crippen molar-refractivity contribution >= 4 is 10.9 Å². The van der Waals surface area contributed by atoms with Crippen molar-refractivity contribution < 1.29 is 9.13 Å². The van der Waals surface area contributed by atoms with E-state index in [1.807, 2.05) is 54.6 Å². The van der Waals surface area contributed by atoms with Gasteiger partial charge in [0.1, 0.15) is 6.61 Å². The molecule has 0 bridgehead atoms. The van der Waals surface area contributed by atoms with Gasteiger partial charge in [0.15, 0.2) is 11.6 Å². The Hall–Kier alpha value is -3.27. The maximum atomic E-state index is 14.6. The van der Waals surface area contributed by atoms with Crippen LogP contribution in [0.4, 0.5) is 4.39 Å². The summed E-state index contributed by atoms with van der Waals surface area (Å²) in [4.78, 5) is 9.15. The van der Waals surface area contributed by atoms with Gasteiger partial charge in [0, 0.05) is 17.1 Å². The standard InChI is InChI=1S/C26H23FN2O/c1-17-12-19(17)13-18-9-10-26(22(27)14-18)30-16-20-15-25(24-8-4-5-11-28-24)29-23-7-3-2-6-21(20)23/h2-11,14-15,17,19H,12-13,16H2,1H3.